The molecule has 19 heavy (non-hydrogen) atoms. The maximum absolute atomic E-state index is 12.0. The largest absolute Gasteiger partial charge is 0.398 e. The first kappa shape index (κ1) is 15.8. The van der Waals surface area contributed by atoms with Crippen LogP contribution in [0.3, 0.4) is 0 Å². The number of carbonyl (C=O) groups excluding carboxylic acids is 1. The van der Waals surface area contributed by atoms with Gasteiger partial charge in [0.1, 0.15) is 0 Å². The number of nitrogens with two attached hydrogens (primary N) is 1. The van der Waals surface area contributed by atoms with E-state index in [0.717, 1.165) is 0 Å². The van der Waals surface area contributed by atoms with Gasteiger partial charge >= 0.3 is 0 Å². The van der Waals surface area contributed by atoms with E-state index in [9.17, 15) is 4.79 Å². The molecule has 106 valence electrons. The number of hydrogen-bond acceptors (Lipinski definition) is 3. The molecule has 0 aliphatic rings. The Morgan fingerprint density at radius 1 is 1.42 bits per heavy atom. The van der Waals surface area contributed by atoms with Crippen LogP contribution in [0.25, 0.3) is 0 Å². The SMILES string of the molecule is CC(C)C(CNC(=O)c1ccc(Cl)c(N)c1)N(C)C. The van der Waals surface area contributed by atoms with Gasteiger partial charge in [-0.1, -0.05) is 25.4 Å². The average molecular weight is 284 g/mol. The fourth-order valence-corrected chi connectivity index (χ4v) is 2.12. The molecular formula is C14H22ClN3O. The maximum atomic E-state index is 12.0. The van der Waals surface area contributed by atoms with Crippen molar-refractivity contribution in [3.05, 3.63) is 28.8 Å². The van der Waals surface area contributed by atoms with Crippen molar-refractivity contribution in [3.8, 4) is 0 Å². The first-order valence-corrected chi connectivity index (χ1v) is 6.70. The molecule has 1 unspecified atom stereocenters. The minimum Gasteiger partial charge on any atom is -0.398 e. The van der Waals surface area contributed by atoms with Gasteiger partial charge in [0.05, 0.1) is 10.7 Å². The van der Waals surface area contributed by atoms with E-state index in [1.165, 1.54) is 0 Å². The Balaban J connectivity index is 2.66. The van der Waals surface area contributed by atoms with Crippen LogP contribution in [-0.4, -0.2) is 37.5 Å². The van der Waals surface area contributed by atoms with Crippen LogP contribution >= 0.6 is 11.6 Å². The first-order chi connectivity index (χ1) is 8.82. The summed E-state index contributed by atoms with van der Waals surface area (Å²) in [4.78, 5) is 14.1. The summed E-state index contributed by atoms with van der Waals surface area (Å²) >= 11 is 5.83. The molecule has 1 aromatic carbocycles. The minimum atomic E-state index is -0.129. The van der Waals surface area contributed by atoms with E-state index >= 15 is 0 Å². The van der Waals surface area contributed by atoms with Crippen LogP contribution in [0.5, 0.6) is 0 Å². The van der Waals surface area contributed by atoms with Crippen LogP contribution in [0, 0.1) is 5.92 Å². The zero-order valence-electron chi connectivity index (χ0n) is 11.9. The zero-order chi connectivity index (χ0) is 14.6. The topological polar surface area (TPSA) is 58.4 Å². The van der Waals surface area contributed by atoms with Crippen LogP contribution < -0.4 is 11.1 Å². The molecule has 0 spiro atoms. The number of nitrogens with zero attached hydrogens (tertiary/aromatic N) is 1. The summed E-state index contributed by atoms with van der Waals surface area (Å²) in [5, 5.41) is 3.39. The zero-order valence-corrected chi connectivity index (χ0v) is 12.7. The minimum absolute atomic E-state index is 0.129. The lowest BCUT2D eigenvalue weighted by Gasteiger charge is -2.28. The predicted molar refractivity (Wildman–Crippen MR) is 80.5 cm³/mol. The molecule has 1 amide bonds. The van der Waals surface area contributed by atoms with Gasteiger partial charge < -0.3 is 16.0 Å². The number of nitrogens with one attached hydrogen (secondary N) is 1. The van der Waals surface area contributed by atoms with E-state index in [1.807, 2.05) is 14.1 Å². The van der Waals surface area contributed by atoms with E-state index in [0.29, 0.717) is 34.8 Å². The number of likely N-dealkylation sites (N-methyl/N-ethyl adjacent to an activating group) is 1. The molecule has 5 heteroatoms. The lowest BCUT2D eigenvalue weighted by molar-refractivity contribution is 0.0935. The van der Waals surface area contributed by atoms with Crippen LogP contribution in [0.15, 0.2) is 18.2 Å². The van der Waals surface area contributed by atoms with E-state index in [1.54, 1.807) is 18.2 Å². The molecule has 4 nitrogen and oxygen atoms in total. The maximum Gasteiger partial charge on any atom is 0.251 e. The molecule has 0 fully saturated rings. The second-order valence-electron chi connectivity index (χ2n) is 5.22. The van der Waals surface area contributed by atoms with Crippen LogP contribution in [0.4, 0.5) is 5.69 Å². The molecule has 0 heterocycles. The second-order valence-corrected chi connectivity index (χ2v) is 5.63. The molecular weight excluding hydrogens is 262 g/mol. The lowest BCUT2D eigenvalue weighted by atomic mass is 10.0. The highest BCUT2D eigenvalue weighted by Crippen LogP contribution is 2.19. The number of benzene rings is 1. The van der Waals surface area contributed by atoms with Crippen LogP contribution in [-0.2, 0) is 0 Å². The van der Waals surface area contributed by atoms with Gasteiger partial charge in [-0.05, 0) is 38.2 Å². The predicted octanol–water partition coefficient (Wildman–Crippen LogP) is 2.24. The van der Waals surface area contributed by atoms with Gasteiger partial charge in [-0.25, -0.2) is 0 Å². The number of halogens is 1. The highest BCUT2D eigenvalue weighted by atomic mass is 35.5. The summed E-state index contributed by atoms with van der Waals surface area (Å²) in [6, 6.07) is 5.21. The van der Waals surface area contributed by atoms with Crippen molar-refractivity contribution in [2.75, 3.05) is 26.4 Å². The van der Waals surface area contributed by atoms with Crippen molar-refractivity contribution in [3.63, 3.8) is 0 Å². The Labute approximate surface area is 119 Å². The fourth-order valence-electron chi connectivity index (χ4n) is 2.00. The molecule has 3 N–H and O–H groups in total. The Morgan fingerprint density at radius 3 is 2.53 bits per heavy atom. The van der Waals surface area contributed by atoms with E-state index in [2.05, 4.69) is 24.1 Å². The number of rotatable bonds is 5. The summed E-state index contributed by atoms with van der Waals surface area (Å²) in [7, 11) is 4.02. The van der Waals surface area contributed by atoms with E-state index in [-0.39, 0.29) is 5.91 Å². The second kappa shape index (κ2) is 6.78. The normalized spacial score (nSPS) is 12.8. The fraction of sp³-hybridized carbons (Fsp3) is 0.500. The van der Waals surface area contributed by atoms with Gasteiger partial charge in [0.25, 0.3) is 5.91 Å². The molecule has 0 aromatic heterocycles. The molecule has 1 rings (SSSR count). The summed E-state index contributed by atoms with van der Waals surface area (Å²) in [5.74, 6) is 0.335. The summed E-state index contributed by atoms with van der Waals surface area (Å²) in [5.41, 5.74) is 6.64. The Morgan fingerprint density at radius 2 is 2.05 bits per heavy atom. The van der Waals surface area contributed by atoms with Crippen molar-refractivity contribution < 1.29 is 4.79 Å². The molecule has 0 aliphatic heterocycles. The van der Waals surface area contributed by atoms with Crippen LogP contribution in [0.2, 0.25) is 5.02 Å². The number of hydrogen-bond donors (Lipinski definition) is 2. The Kier molecular flexibility index (Phi) is 5.63. The van der Waals surface area contributed by atoms with Gasteiger partial charge in [-0.3, -0.25) is 4.79 Å². The monoisotopic (exact) mass is 283 g/mol. The Bertz CT molecular complexity index is 438. The molecule has 1 aromatic rings. The van der Waals surface area contributed by atoms with Gasteiger partial charge in [0.2, 0.25) is 0 Å². The van der Waals surface area contributed by atoms with Crippen molar-refractivity contribution in [2.45, 2.75) is 19.9 Å². The van der Waals surface area contributed by atoms with Gasteiger partial charge in [0.15, 0.2) is 0 Å². The molecule has 0 aliphatic carbocycles. The van der Waals surface area contributed by atoms with Gasteiger partial charge in [0, 0.05) is 18.2 Å². The quantitative estimate of drug-likeness (QED) is 0.815. The van der Waals surface area contributed by atoms with E-state index < -0.39 is 0 Å². The highest BCUT2D eigenvalue weighted by molar-refractivity contribution is 6.33. The summed E-state index contributed by atoms with van der Waals surface area (Å²) < 4.78 is 0. The number of anilines is 1. The van der Waals surface area contributed by atoms with Gasteiger partial charge in [-0.15, -0.1) is 0 Å². The first-order valence-electron chi connectivity index (χ1n) is 6.32. The standard InChI is InChI=1S/C14H22ClN3O/c1-9(2)13(18(3)4)8-17-14(19)10-5-6-11(15)12(16)7-10/h5-7,9,13H,8,16H2,1-4H3,(H,17,19). The van der Waals surface area contributed by atoms with Crippen molar-refractivity contribution in [1.82, 2.24) is 10.2 Å². The molecule has 0 radical (unpaired) electrons. The third kappa shape index (κ3) is 4.40. The summed E-state index contributed by atoms with van der Waals surface area (Å²) in [6.07, 6.45) is 0. The molecule has 0 saturated carbocycles. The third-order valence-electron chi connectivity index (χ3n) is 3.16. The average Bonchev–Trinajstić information content (AvgIpc) is 2.31. The smallest absolute Gasteiger partial charge is 0.251 e. The molecule has 0 bridgehead atoms. The van der Waals surface area contributed by atoms with Crippen molar-refractivity contribution in [1.29, 1.82) is 0 Å². The van der Waals surface area contributed by atoms with Crippen molar-refractivity contribution >= 4 is 23.2 Å². The van der Waals surface area contributed by atoms with Gasteiger partial charge in [-0.2, -0.15) is 0 Å². The number of nitrogen functional groups attached to an aromatic ring is 1. The van der Waals surface area contributed by atoms with Crippen molar-refractivity contribution in [2.24, 2.45) is 5.92 Å². The third-order valence-corrected chi connectivity index (χ3v) is 3.51. The lowest BCUT2D eigenvalue weighted by Crippen LogP contribution is -2.43. The molecule has 1 atom stereocenters. The number of amides is 1. The molecule has 0 saturated heterocycles. The van der Waals surface area contributed by atoms with E-state index in [4.69, 9.17) is 17.3 Å². The van der Waals surface area contributed by atoms with Crippen LogP contribution in [0.1, 0.15) is 24.2 Å². The number of carbonyl (C=O) groups is 1. The summed E-state index contributed by atoms with van der Waals surface area (Å²) in [6.45, 7) is 4.88. The Hall–Kier alpha value is -1.26. The highest BCUT2D eigenvalue weighted by Gasteiger charge is 2.17.